The molecule has 0 spiro atoms. The van der Waals surface area contributed by atoms with Crippen molar-refractivity contribution >= 4 is 28.5 Å². The summed E-state index contributed by atoms with van der Waals surface area (Å²) >= 11 is 0. The standard InChI is InChI=1S/C22H25N5O2/c1-15(18-14-25(2)19-8-4-3-6-16(18)19)22(29)27-12-10-26(11-13-27)21-17(20(23)28)7-5-9-24-21/h3-9,14-15H,10-13H2,1-2H3,(H2,23,28). The highest BCUT2D eigenvalue weighted by Crippen LogP contribution is 2.29. The number of benzene rings is 1. The van der Waals surface area contributed by atoms with Crippen LogP contribution < -0.4 is 10.6 Å². The Balaban J connectivity index is 1.49. The van der Waals surface area contributed by atoms with Crippen molar-refractivity contribution < 1.29 is 9.59 Å². The SMILES string of the molecule is CC(C(=O)N1CCN(c2ncccc2C(N)=O)CC1)c1cn(C)c2ccccc12. The molecule has 1 aromatic carbocycles. The van der Waals surface area contributed by atoms with Crippen molar-refractivity contribution in [2.24, 2.45) is 12.8 Å². The quantitative estimate of drug-likeness (QED) is 0.738. The predicted octanol–water partition coefficient (Wildman–Crippen LogP) is 2.12. The van der Waals surface area contributed by atoms with Crippen molar-refractivity contribution in [2.75, 3.05) is 31.1 Å². The Morgan fingerprint density at radius 1 is 1.07 bits per heavy atom. The molecule has 2 N–H and O–H groups in total. The summed E-state index contributed by atoms with van der Waals surface area (Å²) in [4.78, 5) is 33.1. The summed E-state index contributed by atoms with van der Waals surface area (Å²) < 4.78 is 2.07. The number of carbonyl (C=O) groups is 2. The molecule has 0 aliphatic carbocycles. The van der Waals surface area contributed by atoms with Crippen LogP contribution in [0.25, 0.3) is 10.9 Å². The van der Waals surface area contributed by atoms with Gasteiger partial charge in [0.25, 0.3) is 5.91 Å². The zero-order chi connectivity index (χ0) is 20.5. The number of carbonyl (C=O) groups excluding carboxylic acids is 2. The molecule has 1 saturated heterocycles. The first-order chi connectivity index (χ1) is 14.0. The molecule has 4 rings (SSSR count). The van der Waals surface area contributed by atoms with Gasteiger partial charge in [-0.3, -0.25) is 9.59 Å². The minimum absolute atomic E-state index is 0.122. The fourth-order valence-electron chi connectivity index (χ4n) is 4.10. The summed E-state index contributed by atoms with van der Waals surface area (Å²) in [5.41, 5.74) is 8.07. The van der Waals surface area contributed by atoms with Crippen LogP contribution in [0.15, 0.2) is 48.8 Å². The summed E-state index contributed by atoms with van der Waals surface area (Å²) in [6.45, 7) is 4.38. The van der Waals surface area contributed by atoms with E-state index in [9.17, 15) is 9.59 Å². The van der Waals surface area contributed by atoms with E-state index in [4.69, 9.17) is 5.73 Å². The molecule has 29 heavy (non-hydrogen) atoms. The highest BCUT2D eigenvalue weighted by molar-refractivity contribution is 5.97. The monoisotopic (exact) mass is 391 g/mol. The van der Waals surface area contributed by atoms with Crippen molar-refractivity contribution in [3.8, 4) is 0 Å². The molecule has 0 radical (unpaired) electrons. The van der Waals surface area contributed by atoms with E-state index in [0.717, 1.165) is 16.5 Å². The van der Waals surface area contributed by atoms with Gasteiger partial charge in [0.15, 0.2) is 0 Å². The molecular formula is C22H25N5O2. The van der Waals surface area contributed by atoms with Gasteiger partial charge in [-0.25, -0.2) is 4.98 Å². The van der Waals surface area contributed by atoms with Crippen LogP contribution in [0.2, 0.25) is 0 Å². The Morgan fingerprint density at radius 2 is 1.79 bits per heavy atom. The Bertz CT molecular complexity index is 1070. The molecule has 1 atom stereocenters. The summed E-state index contributed by atoms with van der Waals surface area (Å²) in [5, 5.41) is 1.12. The van der Waals surface area contributed by atoms with Gasteiger partial charge in [-0.1, -0.05) is 18.2 Å². The molecule has 7 nitrogen and oxygen atoms in total. The third kappa shape index (κ3) is 3.44. The molecule has 0 saturated carbocycles. The zero-order valence-corrected chi connectivity index (χ0v) is 16.7. The maximum absolute atomic E-state index is 13.2. The normalized spacial score (nSPS) is 15.5. The lowest BCUT2D eigenvalue weighted by Crippen LogP contribution is -2.50. The first-order valence-electron chi connectivity index (χ1n) is 9.80. The summed E-state index contributed by atoms with van der Waals surface area (Å²) in [5.74, 6) is 0.00575. The Morgan fingerprint density at radius 3 is 2.52 bits per heavy atom. The molecule has 2 amide bonds. The highest BCUT2D eigenvalue weighted by Gasteiger charge is 2.29. The number of primary amides is 1. The number of nitrogens with zero attached hydrogens (tertiary/aromatic N) is 4. The molecule has 1 fully saturated rings. The minimum atomic E-state index is -0.490. The molecule has 1 aliphatic rings. The number of pyridine rings is 1. The molecule has 0 bridgehead atoms. The van der Waals surface area contributed by atoms with Crippen molar-refractivity contribution in [2.45, 2.75) is 12.8 Å². The van der Waals surface area contributed by atoms with Gasteiger partial charge in [0.05, 0.1) is 11.5 Å². The lowest BCUT2D eigenvalue weighted by Gasteiger charge is -2.37. The number of rotatable bonds is 4. The van der Waals surface area contributed by atoms with E-state index in [0.29, 0.717) is 37.6 Å². The number of aryl methyl sites for hydroxylation is 1. The number of nitrogens with two attached hydrogens (primary N) is 1. The molecule has 7 heteroatoms. The summed E-state index contributed by atoms with van der Waals surface area (Å²) in [7, 11) is 2.00. The van der Waals surface area contributed by atoms with E-state index in [2.05, 4.69) is 27.9 Å². The number of fused-ring (bicyclic) bond motifs is 1. The molecule has 3 heterocycles. The first-order valence-corrected chi connectivity index (χ1v) is 9.80. The van der Waals surface area contributed by atoms with Gasteiger partial charge in [-0.15, -0.1) is 0 Å². The number of hydrogen-bond acceptors (Lipinski definition) is 4. The van der Waals surface area contributed by atoms with E-state index >= 15 is 0 Å². The number of para-hydroxylation sites is 1. The maximum Gasteiger partial charge on any atom is 0.252 e. The lowest BCUT2D eigenvalue weighted by molar-refractivity contribution is -0.132. The number of amides is 2. The first kappa shape index (κ1) is 19.0. The third-order valence-electron chi connectivity index (χ3n) is 5.71. The fourth-order valence-corrected chi connectivity index (χ4v) is 4.10. The van der Waals surface area contributed by atoms with E-state index in [1.54, 1.807) is 18.3 Å². The van der Waals surface area contributed by atoms with Crippen LogP contribution in [-0.4, -0.2) is 52.4 Å². The van der Waals surface area contributed by atoms with Crippen LogP contribution in [0.3, 0.4) is 0 Å². The Labute approximate surface area is 169 Å². The van der Waals surface area contributed by atoms with Crippen molar-refractivity contribution in [1.82, 2.24) is 14.5 Å². The van der Waals surface area contributed by atoms with E-state index in [-0.39, 0.29) is 11.8 Å². The predicted molar refractivity (Wildman–Crippen MR) is 113 cm³/mol. The fraction of sp³-hybridized carbons (Fsp3) is 0.318. The molecule has 3 aromatic rings. The van der Waals surface area contributed by atoms with E-state index < -0.39 is 5.91 Å². The topological polar surface area (TPSA) is 84.5 Å². The zero-order valence-electron chi connectivity index (χ0n) is 16.7. The number of anilines is 1. The van der Waals surface area contributed by atoms with Crippen LogP contribution in [0, 0.1) is 0 Å². The van der Waals surface area contributed by atoms with E-state index in [1.807, 2.05) is 35.9 Å². The maximum atomic E-state index is 13.2. The summed E-state index contributed by atoms with van der Waals surface area (Å²) in [6, 6.07) is 11.5. The average molecular weight is 391 g/mol. The Hall–Kier alpha value is -3.35. The minimum Gasteiger partial charge on any atom is -0.365 e. The highest BCUT2D eigenvalue weighted by atomic mass is 16.2. The van der Waals surface area contributed by atoms with Gasteiger partial charge in [-0.2, -0.15) is 0 Å². The second kappa shape index (κ2) is 7.58. The molecule has 1 aliphatic heterocycles. The number of hydrogen-bond donors (Lipinski definition) is 1. The van der Waals surface area contributed by atoms with Crippen molar-refractivity contribution in [1.29, 1.82) is 0 Å². The van der Waals surface area contributed by atoms with Gasteiger partial charge >= 0.3 is 0 Å². The number of piperazine rings is 1. The van der Waals surface area contributed by atoms with E-state index in [1.165, 1.54) is 0 Å². The van der Waals surface area contributed by atoms with Gasteiger partial charge in [0.1, 0.15) is 5.82 Å². The Kier molecular flexibility index (Phi) is 4.96. The van der Waals surface area contributed by atoms with Crippen LogP contribution in [0.5, 0.6) is 0 Å². The molecule has 2 aromatic heterocycles. The van der Waals surface area contributed by atoms with Crippen molar-refractivity contribution in [3.63, 3.8) is 0 Å². The van der Waals surface area contributed by atoms with Crippen LogP contribution in [-0.2, 0) is 11.8 Å². The second-order valence-corrected chi connectivity index (χ2v) is 7.49. The molecular weight excluding hydrogens is 366 g/mol. The van der Waals surface area contributed by atoms with Crippen molar-refractivity contribution in [3.05, 3.63) is 59.9 Å². The average Bonchev–Trinajstić information content (AvgIpc) is 3.09. The lowest BCUT2D eigenvalue weighted by atomic mass is 9.98. The van der Waals surface area contributed by atoms with Crippen LogP contribution >= 0.6 is 0 Å². The largest absolute Gasteiger partial charge is 0.365 e. The summed E-state index contributed by atoms with van der Waals surface area (Å²) in [6.07, 6.45) is 3.71. The van der Waals surface area contributed by atoms with Crippen LogP contribution in [0.1, 0.15) is 28.8 Å². The van der Waals surface area contributed by atoms with Gasteiger partial charge < -0.3 is 20.1 Å². The van der Waals surface area contributed by atoms with Gasteiger partial charge in [0.2, 0.25) is 5.91 Å². The van der Waals surface area contributed by atoms with Gasteiger partial charge in [-0.05, 0) is 30.7 Å². The number of aromatic nitrogens is 2. The van der Waals surface area contributed by atoms with Gasteiger partial charge in [0, 0.05) is 56.5 Å². The smallest absolute Gasteiger partial charge is 0.252 e. The van der Waals surface area contributed by atoms with Crippen LogP contribution in [0.4, 0.5) is 5.82 Å². The second-order valence-electron chi connectivity index (χ2n) is 7.49. The third-order valence-corrected chi connectivity index (χ3v) is 5.71. The molecule has 150 valence electrons. The molecule has 1 unspecified atom stereocenters.